The van der Waals surface area contributed by atoms with Crippen LogP contribution >= 0.6 is 0 Å². The minimum absolute atomic E-state index is 0.0268. The average molecular weight is 275 g/mol. The van der Waals surface area contributed by atoms with Crippen molar-refractivity contribution in [3.8, 4) is 0 Å². The van der Waals surface area contributed by atoms with Gasteiger partial charge in [-0.15, -0.1) is 0 Å². The number of likely N-dealkylation sites (tertiary alicyclic amines) is 1. The fraction of sp³-hybridized carbons (Fsp3) is 0.533. The maximum atomic E-state index is 11.6. The van der Waals surface area contributed by atoms with E-state index in [-0.39, 0.29) is 5.91 Å². The summed E-state index contributed by atoms with van der Waals surface area (Å²) in [7, 11) is 2.14. The molecule has 2 N–H and O–H groups in total. The largest absolute Gasteiger partial charge is 0.330 e. The fourth-order valence-corrected chi connectivity index (χ4v) is 3.11. The molecule has 5 nitrogen and oxygen atoms in total. The summed E-state index contributed by atoms with van der Waals surface area (Å²) in [6.45, 7) is 2.27. The number of hydroxylamine groups is 1. The molecule has 5 heteroatoms. The zero-order valence-electron chi connectivity index (χ0n) is 11.8. The molecule has 0 saturated carbocycles. The second-order valence-corrected chi connectivity index (χ2v) is 5.66. The first kappa shape index (κ1) is 13.5. The third-order valence-corrected chi connectivity index (χ3v) is 4.24. The molecule has 2 heterocycles. The van der Waals surface area contributed by atoms with E-state index in [4.69, 9.17) is 10.6 Å². The molecule has 20 heavy (non-hydrogen) atoms. The number of benzene rings is 1. The van der Waals surface area contributed by atoms with E-state index < -0.39 is 0 Å². The van der Waals surface area contributed by atoms with Gasteiger partial charge in [0.05, 0.1) is 18.7 Å². The van der Waals surface area contributed by atoms with E-state index in [0.717, 1.165) is 25.2 Å². The SMILES string of the molecule is CN1CC(CN)CC1c1ccc(N2OCCC2=O)cc1. The molecule has 2 aliphatic heterocycles. The summed E-state index contributed by atoms with van der Waals surface area (Å²) >= 11 is 0. The summed E-state index contributed by atoms with van der Waals surface area (Å²) in [5.74, 6) is 0.604. The molecule has 1 aromatic rings. The van der Waals surface area contributed by atoms with Crippen molar-refractivity contribution in [1.82, 2.24) is 4.90 Å². The van der Waals surface area contributed by atoms with Crippen molar-refractivity contribution in [2.24, 2.45) is 11.7 Å². The van der Waals surface area contributed by atoms with Crippen LogP contribution in [0.2, 0.25) is 0 Å². The summed E-state index contributed by atoms with van der Waals surface area (Å²) < 4.78 is 0. The van der Waals surface area contributed by atoms with Crippen LogP contribution in [0.1, 0.15) is 24.4 Å². The quantitative estimate of drug-likeness (QED) is 0.903. The van der Waals surface area contributed by atoms with Gasteiger partial charge in [-0.05, 0) is 43.6 Å². The minimum atomic E-state index is 0.0268. The van der Waals surface area contributed by atoms with Gasteiger partial charge in [0.1, 0.15) is 0 Å². The molecule has 2 saturated heterocycles. The predicted octanol–water partition coefficient (Wildman–Crippen LogP) is 1.31. The lowest BCUT2D eigenvalue weighted by molar-refractivity contribution is -0.119. The Hall–Kier alpha value is -1.43. The zero-order valence-corrected chi connectivity index (χ0v) is 11.8. The van der Waals surface area contributed by atoms with Gasteiger partial charge >= 0.3 is 0 Å². The first-order chi connectivity index (χ1) is 9.69. The lowest BCUT2D eigenvalue weighted by Gasteiger charge is -2.21. The second-order valence-electron chi connectivity index (χ2n) is 5.66. The molecule has 0 aliphatic carbocycles. The van der Waals surface area contributed by atoms with Crippen molar-refractivity contribution in [3.63, 3.8) is 0 Å². The van der Waals surface area contributed by atoms with Gasteiger partial charge in [-0.25, -0.2) is 0 Å². The van der Waals surface area contributed by atoms with Crippen molar-refractivity contribution in [1.29, 1.82) is 0 Å². The molecule has 1 amide bonds. The number of anilines is 1. The summed E-state index contributed by atoms with van der Waals surface area (Å²) in [6.07, 6.45) is 1.57. The highest BCUT2D eigenvalue weighted by Gasteiger charge is 2.30. The number of rotatable bonds is 3. The van der Waals surface area contributed by atoms with Crippen molar-refractivity contribution >= 4 is 11.6 Å². The number of hydrogen-bond acceptors (Lipinski definition) is 4. The molecule has 2 atom stereocenters. The molecule has 0 radical (unpaired) electrons. The minimum Gasteiger partial charge on any atom is -0.330 e. The third-order valence-electron chi connectivity index (χ3n) is 4.24. The van der Waals surface area contributed by atoms with Gasteiger partial charge in [-0.2, -0.15) is 5.06 Å². The summed E-state index contributed by atoms with van der Waals surface area (Å²) in [5.41, 5.74) is 7.86. The van der Waals surface area contributed by atoms with E-state index >= 15 is 0 Å². The molecular weight excluding hydrogens is 254 g/mol. The van der Waals surface area contributed by atoms with Crippen LogP contribution in [0.3, 0.4) is 0 Å². The molecule has 1 aromatic carbocycles. The predicted molar refractivity (Wildman–Crippen MR) is 77.0 cm³/mol. The highest BCUT2D eigenvalue weighted by Crippen LogP contribution is 2.34. The lowest BCUT2D eigenvalue weighted by atomic mass is 10.00. The monoisotopic (exact) mass is 275 g/mol. The van der Waals surface area contributed by atoms with Crippen LogP contribution in [0.5, 0.6) is 0 Å². The first-order valence-corrected chi connectivity index (χ1v) is 7.15. The van der Waals surface area contributed by atoms with Crippen LogP contribution in [-0.2, 0) is 9.63 Å². The topological polar surface area (TPSA) is 58.8 Å². The Morgan fingerprint density at radius 1 is 1.35 bits per heavy atom. The fourth-order valence-electron chi connectivity index (χ4n) is 3.11. The van der Waals surface area contributed by atoms with Gasteiger partial charge in [-0.3, -0.25) is 14.5 Å². The second kappa shape index (κ2) is 5.52. The van der Waals surface area contributed by atoms with Crippen molar-refractivity contribution in [2.75, 3.05) is 31.8 Å². The number of nitrogens with zero attached hydrogens (tertiary/aromatic N) is 2. The Kier molecular flexibility index (Phi) is 3.74. The smallest absolute Gasteiger partial charge is 0.253 e. The van der Waals surface area contributed by atoms with Crippen LogP contribution in [-0.4, -0.2) is 37.6 Å². The van der Waals surface area contributed by atoms with Crippen LogP contribution in [0.25, 0.3) is 0 Å². The molecule has 0 spiro atoms. The highest BCUT2D eigenvalue weighted by molar-refractivity contribution is 5.92. The van der Waals surface area contributed by atoms with Crippen LogP contribution in [0, 0.1) is 5.92 Å². The van der Waals surface area contributed by atoms with Crippen LogP contribution in [0.15, 0.2) is 24.3 Å². The van der Waals surface area contributed by atoms with Crippen LogP contribution in [0.4, 0.5) is 5.69 Å². The number of nitrogens with two attached hydrogens (primary N) is 1. The molecule has 2 aliphatic rings. The average Bonchev–Trinajstić information content (AvgIpc) is 3.05. The van der Waals surface area contributed by atoms with E-state index in [0.29, 0.717) is 25.0 Å². The zero-order chi connectivity index (χ0) is 14.1. The van der Waals surface area contributed by atoms with E-state index in [2.05, 4.69) is 24.1 Å². The first-order valence-electron chi connectivity index (χ1n) is 7.15. The summed E-state index contributed by atoms with van der Waals surface area (Å²) in [5, 5.41) is 1.39. The van der Waals surface area contributed by atoms with Crippen molar-refractivity contribution in [3.05, 3.63) is 29.8 Å². The number of carbonyl (C=O) groups excluding carboxylic acids is 1. The van der Waals surface area contributed by atoms with Gasteiger partial charge in [0.15, 0.2) is 0 Å². The normalized spacial score (nSPS) is 27.5. The number of amides is 1. The number of hydrogen-bond donors (Lipinski definition) is 1. The van der Waals surface area contributed by atoms with E-state index in [9.17, 15) is 4.79 Å². The summed E-state index contributed by atoms with van der Waals surface area (Å²) in [4.78, 5) is 19.3. The van der Waals surface area contributed by atoms with Gasteiger partial charge in [0, 0.05) is 12.6 Å². The lowest BCUT2D eigenvalue weighted by Crippen LogP contribution is -2.22. The van der Waals surface area contributed by atoms with Gasteiger partial charge in [0.2, 0.25) is 0 Å². The van der Waals surface area contributed by atoms with Gasteiger partial charge in [0.25, 0.3) is 5.91 Å². The van der Waals surface area contributed by atoms with E-state index in [1.54, 1.807) is 0 Å². The molecule has 108 valence electrons. The maximum absolute atomic E-state index is 11.6. The summed E-state index contributed by atoms with van der Waals surface area (Å²) in [6, 6.07) is 8.52. The number of carbonyl (C=O) groups is 1. The Morgan fingerprint density at radius 2 is 2.10 bits per heavy atom. The molecule has 0 bridgehead atoms. The van der Waals surface area contributed by atoms with E-state index in [1.807, 2.05) is 12.1 Å². The van der Waals surface area contributed by atoms with Crippen molar-refractivity contribution in [2.45, 2.75) is 18.9 Å². The molecule has 3 rings (SSSR count). The Balaban J connectivity index is 1.74. The third kappa shape index (κ3) is 2.44. The van der Waals surface area contributed by atoms with Crippen LogP contribution < -0.4 is 10.8 Å². The maximum Gasteiger partial charge on any atom is 0.253 e. The molecule has 2 fully saturated rings. The molecular formula is C15H21N3O2. The van der Waals surface area contributed by atoms with Crippen molar-refractivity contribution < 1.29 is 9.63 Å². The van der Waals surface area contributed by atoms with E-state index in [1.165, 1.54) is 10.6 Å². The van der Waals surface area contributed by atoms with Gasteiger partial charge in [-0.1, -0.05) is 12.1 Å². The Morgan fingerprint density at radius 3 is 2.65 bits per heavy atom. The van der Waals surface area contributed by atoms with Gasteiger partial charge < -0.3 is 5.73 Å². The highest BCUT2D eigenvalue weighted by atomic mass is 16.7. The Labute approximate surface area is 119 Å². The molecule has 0 aromatic heterocycles. The molecule has 2 unspecified atom stereocenters. The standard InChI is InChI=1S/C15H21N3O2/c1-17-10-11(9-16)8-14(17)12-2-4-13(5-3-12)18-15(19)6-7-20-18/h2-5,11,14H,6-10,16H2,1H3. The Bertz CT molecular complexity index is 488.